The number of hydrogen-bond acceptors (Lipinski definition) is 5. The maximum absolute atomic E-state index is 11.1. The fourth-order valence-corrected chi connectivity index (χ4v) is 4.84. The summed E-state index contributed by atoms with van der Waals surface area (Å²) in [5.41, 5.74) is -5.65. The molecule has 0 bridgehead atoms. The molecule has 0 saturated carbocycles. The van der Waals surface area contributed by atoms with E-state index in [2.05, 4.69) is 24.3 Å². The van der Waals surface area contributed by atoms with Crippen molar-refractivity contribution in [1.29, 1.82) is 0 Å². The highest BCUT2D eigenvalue weighted by Gasteiger charge is 2.37. The average Bonchev–Trinajstić information content (AvgIpc) is 2.69. The van der Waals surface area contributed by atoms with Gasteiger partial charge in [-0.2, -0.15) is 21.6 Å². The second kappa shape index (κ2) is 10.1. The maximum Gasteiger partial charge on any atom is 0.485 e. The zero-order valence-electron chi connectivity index (χ0n) is 15.1. The standard InChI is InChI=1S/C18H15O2S2.CHF3O3S/c19-22(20)18-13-11-17(12-14-18)21(15-7-3-1-4-8-15)16-9-5-2-6-10-16;2-1(3,4)8(5,6)7/h1-13H,14H2;(H,5,6,7)/q+1;/p-1. The van der Waals surface area contributed by atoms with Gasteiger partial charge >= 0.3 is 5.51 Å². The summed E-state index contributed by atoms with van der Waals surface area (Å²) < 4.78 is 81.0. The minimum Gasteiger partial charge on any atom is -0.741 e. The van der Waals surface area contributed by atoms with Gasteiger partial charge in [0.2, 0.25) is 10.3 Å². The predicted octanol–water partition coefficient (Wildman–Crippen LogP) is 3.67. The van der Waals surface area contributed by atoms with E-state index in [1.807, 2.05) is 48.6 Å². The molecule has 0 aliphatic heterocycles. The van der Waals surface area contributed by atoms with Crippen molar-refractivity contribution in [2.45, 2.75) is 21.7 Å². The smallest absolute Gasteiger partial charge is 0.485 e. The molecule has 1 aliphatic rings. The Morgan fingerprint density at radius 3 is 1.60 bits per heavy atom. The molecule has 0 N–H and O–H groups in total. The number of hydrogen-bond donors (Lipinski definition) is 0. The Morgan fingerprint density at radius 1 is 0.867 bits per heavy atom. The van der Waals surface area contributed by atoms with E-state index < -0.39 is 25.9 Å². The molecule has 0 fully saturated rings. The van der Waals surface area contributed by atoms with Crippen molar-refractivity contribution in [2.75, 3.05) is 0 Å². The summed E-state index contributed by atoms with van der Waals surface area (Å²) in [5.74, 6) is 0. The third-order valence-electron chi connectivity index (χ3n) is 3.63. The van der Waals surface area contributed by atoms with Crippen molar-refractivity contribution < 1.29 is 34.6 Å². The number of benzene rings is 2. The summed E-state index contributed by atoms with van der Waals surface area (Å²) in [6.07, 6.45) is 6.13. The second-order valence-electron chi connectivity index (χ2n) is 5.68. The first-order valence-corrected chi connectivity index (χ1v) is 11.9. The van der Waals surface area contributed by atoms with E-state index in [4.69, 9.17) is 13.0 Å². The quantitative estimate of drug-likeness (QED) is 0.292. The van der Waals surface area contributed by atoms with E-state index in [-0.39, 0.29) is 10.9 Å². The molecule has 5 nitrogen and oxygen atoms in total. The number of alkyl halides is 3. The highest BCUT2D eigenvalue weighted by molar-refractivity contribution is 8.00. The van der Waals surface area contributed by atoms with Crippen molar-refractivity contribution in [1.82, 2.24) is 0 Å². The minimum atomic E-state index is -6.09. The zero-order valence-corrected chi connectivity index (χ0v) is 17.6. The fraction of sp³-hybridized carbons (Fsp3) is 0.105. The van der Waals surface area contributed by atoms with E-state index >= 15 is 0 Å². The van der Waals surface area contributed by atoms with Crippen LogP contribution in [0.15, 0.2) is 93.6 Å². The molecule has 11 heteroatoms. The lowest BCUT2D eigenvalue weighted by atomic mass is 10.2. The molecule has 1 aliphatic carbocycles. The van der Waals surface area contributed by atoms with Crippen LogP contribution >= 0.6 is 0 Å². The molecule has 0 heterocycles. The molecule has 0 spiro atoms. The third kappa shape index (κ3) is 6.59. The molecule has 160 valence electrons. The van der Waals surface area contributed by atoms with Crippen LogP contribution in [0.5, 0.6) is 0 Å². The van der Waals surface area contributed by atoms with Crippen molar-refractivity contribution in [3.05, 3.63) is 83.8 Å². The molecule has 0 amide bonds. The first kappa shape index (κ1) is 23.9. The van der Waals surface area contributed by atoms with Gasteiger partial charge in [-0.25, -0.2) is 8.42 Å². The van der Waals surface area contributed by atoms with Crippen LogP contribution in [0.3, 0.4) is 0 Å². The highest BCUT2D eigenvalue weighted by atomic mass is 32.2. The summed E-state index contributed by atoms with van der Waals surface area (Å²) in [4.78, 5) is 4.06. The van der Waals surface area contributed by atoms with Crippen molar-refractivity contribution in [3.63, 3.8) is 0 Å². The molecule has 0 radical (unpaired) electrons. The SMILES string of the molecule is O=S(=O)([O-])C(F)(F)F.O=S(=O)=C1C=CC([S+](c2ccccc2)c2ccccc2)=CC1. The van der Waals surface area contributed by atoms with Crippen LogP contribution in [-0.2, 0) is 31.3 Å². The highest BCUT2D eigenvalue weighted by Crippen LogP contribution is 2.32. The van der Waals surface area contributed by atoms with Crippen LogP contribution in [0.2, 0.25) is 0 Å². The van der Waals surface area contributed by atoms with Crippen LogP contribution in [0.4, 0.5) is 13.2 Å². The van der Waals surface area contributed by atoms with Gasteiger partial charge in [-0.3, -0.25) is 0 Å². The molecule has 0 unspecified atom stereocenters. The molecule has 2 aromatic rings. The molecule has 0 saturated heterocycles. The van der Waals surface area contributed by atoms with E-state index in [1.165, 1.54) is 9.79 Å². The molecule has 0 atom stereocenters. The second-order valence-corrected chi connectivity index (χ2v) is 10.1. The van der Waals surface area contributed by atoms with Crippen LogP contribution in [-0.4, -0.2) is 31.8 Å². The van der Waals surface area contributed by atoms with Crippen LogP contribution in [0, 0.1) is 0 Å². The molecular weight excluding hydrogens is 461 g/mol. The molecule has 2 aromatic carbocycles. The van der Waals surface area contributed by atoms with Crippen LogP contribution < -0.4 is 0 Å². The summed E-state index contributed by atoms with van der Waals surface area (Å²) in [5, 5.41) is 0. The minimum absolute atomic E-state index is 0.206. The zero-order chi connectivity index (χ0) is 22.4. The van der Waals surface area contributed by atoms with Crippen LogP contribution in [0.25, 0.3) is 0 Å². The van der Waals surface area contributed by atoms with E-state index in [0.717, 1.165) is 4.91 Å². The van der Waals surface area contributed by atoms with Crippen molar-refractivity contribution >= 4 is 36.2 Å². The van der Waals surface area contributed by atoms with Gasteiger partial charge in [-0.1, -0.05) is 36.4 Å². The Hall–Kier alpha value is -2.34. The fourth-order valence-electron chi connectivity index (χ4n) is 2.31. The Bertz CT molecular complexity index is 1120. The number of allylic oxidation sites excluding steroid dienone is 3. The number of halogens is 3. The Balaban J connectivity index is 0.000000343. The van der Waals surface area contributed by atoms with Crippen molar-refractivity contribution in [3.8, 4) is 0 Å². The normalized spacial score (nSPS) is 14.0. The van der Waals surface area contributed by atoms with Gasteiger partial charge in [0, 0.05) is 6.42 Å². The predicted molar refractivity (Wildman–Crippen MR) is 108 cm³/mol. The van der Waals surface area contributed by atoms with Gasteiger partial charge in [0.05, 0.1) is 15.8 Å². The van der Waals surface area contributed by atoms with Gasteiger partial charge < -0.3 is 4.55 Å². The average molecular weight is 477 g/mol. The lowest BCUT2D eigenvalue weighted by Gasteiger charge is -2.10. The lowest BCUT2D eigenvalue weighted by Crippen LogP contribution is -2.21. The maximum atomic E-state index is 11.1. The third-order valence-corrected chi connectivity index (χ3v) is 7.19. The van der Waals surface area contributed by atoms with E-state index in [9.17, 15) is 21.6 Å². The van der Waals surface area contributed by atoms with Crippen LogP contribution in [0.1, 0.15) is 6.42 Å². The number of rotatable bonds is 3. The Labute approximate surface area is 176 Å². The topological polar surface area (TPSA) is 91.3 Å². The lowest BCUT2D eigenvalue weighted by molar-refractivity contribution is -0.0517. The van der Waals surface area contributed by atoms with Gasteiger partial charge in [-0.15, -0.1) is 0 Å². The summed E-state index contributed by atoms with van der Waals surface area (Å²) >= 11 is 0. The van der Waals surface area contributed by atoms with Crippen molar-refractivity contribution in [2.24, 2.45) is 0 Å². The molecule has 0 aromatic heterocycles. The monoisotopic (exact) mass is 476 g/mol. The molecule has 3 rings (SSSR count). The first-order chi connectivity index (χ1) is 14.0. The largest absolute Gasteiger partial charge is 0.741 e. The first-order valence-electron chi connectivity index (χ1n) is 8.20. The summed E-state index contributed by atoms with van der Waals surface area (Å²) in [7, 11) is -8.43. The van der Waals surface area contributed by atoms with E-state index in [1.54, 1.807) is 6.08 Å². The van der Waals surface area contributed by atoms with Gasteiger partial charge in [0.25, 0.3) is 0 Å². The van der Waals surface area contributed by atoms with Gasteiger partial charge in [0.15, 0.2) is 24.8 Å². The Morgan fingerprint density at radius 2 is 1.30 bits per heavy atom. The van der Waals surface area contributed by atoms with E-state index in [0.29, 0.717) is 11.3 Å². The Kier molecular flexibility index (Phi) is 8.07. The summed E-state index contributed by atoms with van der Waals surface area (Å²) in [6.45, 7) is 0. The van der Waals surface area contributed by atoms with Gasteiger partial charge in [0.1, 0.15) is 0 Å². The van der Waals surface area contributed by atoms with Gasteiger partial charge in [-0.05, 0) is 42.5 Å². The molecular formula is C19H15F3O5S3. The summed E-state index contributed by atoms with van der Waals surface area (Å²) in [6, 6.07) is 20.6. The molecule has 30 heavy (non-hydrogen) atoms.